The molecule has 4 aromatic rings. The summed E-state index contributed by atoms with van der Waals surface area (Å²) in [5.74, 6) is -0.173. The van der Waals surface area contributed by atoms with Crippen LogP contribution in [-0.2, 0) is 11.2 Å². The van der Waals surface area contributed by atoms with Gasteiger partial charge in [-0.15, -0.1) is 5.10 Å². The molecule has 190 valence electrons. The zero-order valence-corrected chi connectivity index (χ0v) is 21.3. The fourth-order valence-electron chi connectivity index (χ4n) is 4.50. The van der Waals surface area contributed by atoms with Crippen molar-refractivity contribution >= 4 is 29.1 Å². The van der Waals surface area contributed by atoms with E-state index in [0.29, 0.717) is 54.3 Å². The monoisotopic (exact) mass is 538 g/mol. The van der Waals surface area contributed by atoms with Crippen LogP contribution in [0.5, 0.6) is 0 Å². The van der Waals surface area contributed by atoms with Gasteiger partial charge in [-0.05, 0) is 36.6 Å². The van der Waals surface area contributed by atoms with E-state index in [9.17, 15) is 14.7 Å². The highest BCUT2D eigenvalue weighted by molar-refractivity contribution is 6.31. The summed E-state index contributed by atoms with van der Waals surface area (Å²) >= 11 is 12.2. The number of benzene rings is 2. The Bertz CT molecular complexity index is 1460. The summed E-state index contributed by atoms with van der Waals surface area (Å²) in [6, 6.07) is 15.3. The van der Waals surface area contributed by atoms with E-state index in [2.05, 4.69) is 15.3 Å². The minimum atomic E-state index is -0.778. The molecule has 2 aromatic heterocycles. The molecule has 11 heteroatoms. The molecule has 0 aliphatic carbocycles. The number of aromatic nitrogens is 5. The van der Waals surface area contributed by atoms with Gasteiger partial charge in [0.1, 0.15) is 6.04 Å². The molecule has 1 saturated heterocycles. The van der Waals surface area contributed by atoms with E-state index in [1.54, 1.807) is 29.3 Å². The quantitative estimate of drug-likeness (QED) is 0.402. The number of hydrogen-bond donors (Lipinski definition) is 1. The molecule has 1 aliphatic heterocycles. The Morgan fingerprint density at radius 2 is 1.84 bits per heavy atom. The molecular formula is C26H24Cl2N6O3. The molecule has 3 heterocycles. The van der Waals surface area contributed by atoms with Crippen LogP contribution in [0.25, 0.3) is 16.9 Å². The van der Waals surface area contributed by atoms with Gasteiger partial charge in [0.15, 0.2) is 5.15 Å². The van der Waals surface area contributed by atoms with Gasteiger partial charge in [-0.25, -0.2) is 9.67 Å². The summed E-state index contributed by atoms with van der Waals surface area (Å²) in [5.41, 5.74) is 2.08. The highest BCUT2D eigenvalue weighted by Gasteiger charge is 2.30. The lowest BCUT2D eigenvalue weighted by molar-refractivity contribution is -0.136. The number of amides is 1. The molecule has 1 unspecified atom stereocenters. The molecule has 0 saturated carbocycles. The maximum atomic E-state index is 13.6. The molecule has 0 bridgehead atoms. The van der Waals surface area contributed by atoms with Gasteiger partial charge in [-0.2, -0.15) is 0 Å². The van der Waals surface area contributed by atoms with E-state index in [1.807, 2.05) is 30.3 Å². The van der Waals surface area contributed by atoms with Gasteiger partial charge in [0.05, 0.1) is 30.0 Å². The third-order valence-corrected chi connectivity index (χ3v) is 6.86. The molecule has 1 atom stereocenters. The van der Waals surface area contributed by atoms with Crippen LogP contribution in [0.2, 0.25) is 10.2 Å². The van der Waals surface area contributed by atoms with Crippen LogP contribution in [0.3, 0.4) is 0 Å². The number of rotatable bonds is 6. The lowest BCUT2D eigenvalue weighted by Crippen LogP contribution is -2.45. The zero-order chi connectivity index (χ0) is 25.9. The number of aliphatic hydroxyl groups excluding tert-OH is 1. The van der Waals surface area contributed by atoms with Crippen molar-refractivity contribution in [2.75, 3.05) is 13.1 Å². The number of likely N-dealkylation sites (tertiary alicyclic amines) is 1. The second-order valence-corrected chi connectivity index (χ2v) is 9.75. The highest BCUT2D eigenvalue weighted by Crippen LogP contribution is 2.28. The first-order valence-corrected chi connectivity index (χ1v) is 12.6. The average molecular weight is 539 g/mol. The highest BCUT2D eigenvalue weighted by atomic mass is 35.5. The summed E-state index contributed by atoms with van der Waals surface area (Å²) in [7, 11) is 0. The van der Waals surface area contributed by atoms with E-state index in [4.69, 9.17) is 23.2 Å². The smallest absolute Gasteiger partial charge is 0.254 e. The van der Waals surface area contributed by atoms with Gasteiger partial charge in [0.2, 0.25) is 5.91 Å². The van der Waals surface area contributed by atoms with Crippen molar-refractivity contribution in [3.8, 4) is 16.9 Å². The van der Waals surface area contributed by atoms with Gasteiger partial charge >= 0.3 is 0 Å². The number of nitrogens with zero attached hydrogens (tertiary/aromatic N) is 6. The molecule has 1 aliphatic rings. The zero-order valence-electron chi connectivity index (χ0n) is 19.7. The average Bonchev–Trinajstić information content (AvgIpc) is 3.34. The fourth-order valence-corrected chi connectivity index (χ4v) is 4.80. The van der Waals surface area contributed by atoms with E-state index in [-0.39, 0.29) is 16.6 Å². The largest absolute Gasteiger partial charge is 0.393 e. The van der Waals surface area contributed by atoms with Crippen LogP contribution in [0.4, 0.5) is 0 Å². The van der Waals surface area contributed by atoms with Crippen LogP contribution in [0, 0.1) is 0 Å². The Labute approximate surface area is 222 Å². The van der Waals surface area contributed by atoms with Crippen molar-refractivity contribution in [3.05, 3.63) is 93.2 Å². The Morgan fingerprint density at radius 1 is 1.08 bits per heavy atom. The second-order valence-electron chi connectivity index (χ2n) is 8.93. The van der Waals surface area contributed by atoms with Crippen LogP contribution in [0.15, 0.2) is 71.9 Å². The summed E-state index contributed by atoms with van der Waals surface area (Å²) in [6.45, 7) is 0.885. The lowest BCUT2D eigenvalue weighted by atomic mass is 10.0. The van der Waals surface area contributed by atoms with Crippen LogP contribution >= 0.6 is 23.2 Å². The topological polar surface area (TPSA) is 106 Å². The Hall–Kier alpha value is -3.53. The molecule has 9 nitrogen and oxygen atoms in total. The predicted molar refractivity (Wildman–Crippen MR) is 140 cm³/mol. The molecule has 1 N–H and O–H groups in total. The third kappa shape index (κ3) is 5.58. The SMILES string of the molecule is O=C(C(Cc1ccccc1)n1cnc(-c2cc(Cl)ccc2-n2cc(Cl)nn2)cc1=O)N1CCC(O)CC1. The van der Waals surface area contributed by atoms with Crippen molar-refractivity contribution in [1.29, 1.82) is 0 Å². The Kier molecular flexibility index (Phi) is 7.36. The van der Waals surface area contributed by atoms with Gasteiger partial charge in [0, 0.05) is 36.2 Å². The number of hydrogen-bond acceptors (Lipinski definition) is 6. The first kappa shape index (κ1) is 25.1. The van der Waals surface area contributed by atoms with Gasteiger partial charge in [0.25, 0.3) is 5.56 Å². The molecule has 37 heavy (non-hydrogen) atoms. The molecule has 0 spiro atoms. The van der Waals surface area contributed by atoms with E-state index >= 15 is 0 Å². The lowest BCUT2D eigenvalue weighted by Gasteiger charge is -2.33. The maximum Gasteiger partial charge on any atom is 0.254 e. The van der Waals surface area contributed by atoms with Crippen molar-refractivity contribution in [2.24, 2.45) is 0 Å². The van der Waals surface area contributed by atoms with E-state index in [1.165, 1.54) is 21.6 Å². The van der Waals surface area contributed by atoms with Crippen molar-refractivity contribution < 1.29 is 9.90 Å². The summed E-state index contributed by atoms with van der Waals surface area (Å²) in [6.07, 6.45) is 3.90. The minimum absolute atomic E-state index is 0.173. The number of piperidine rings is 1. The molecule has 5 rings (SSSR count). The number of carbonyl (C=O) groups excluding carboxylic acids is 1. The number of aliphatic hydroxyl groups is 1. The van der Waals surface area contributed by atoms with Gasteiger partial charge < -0.3 is 10.0 Å². The molecule has 0 radical (unpaired) electrons. The third-order valence-electron chi connectivity index (χ3n) is 6.45. The van der Waals surface area contributed by atoms with Crippen LogP contribution in [-0.4, -0.2) is 59.7 Å². The van der Waals surface area contributed by atoms with Gasteiger partial charge in [-0.3, -0.25) is 14.2 Å². The fraction of sp³-hybridized carbons (Fsp3) is 0.269. The first-order chi connectivity index (χ1) is 17.9. The Morgan fingerprint density at radius 3 is 2.51 bits per heavy atom. The van der Waals surface area contributed by atoms with E-state index < -0.39 is 12.1 Å². The summed E-state index contributed by atoms with van der Waals surface area (Å²) in [4.78, 5) is 33.3. The number of halogens is 2. The van der Waals surface area contributed by atoms with Crippen molar-refractivity contribution in [3.63, 3.8) is 0 Å². The van der Waals surface area contributed by atoms with E-state index in [0.717, 1.165) is 5.56 Å². The minimum Gasteiger partial charge on any atom is -0.393 e. The number of carbonyl (C=O) groups is 1. The normalized spacial score (nSPS) is 15.1. The standard InChI is InChI=1S/C26H24Cl2N6O3/c27-18-6-7-22(34-15-24(28)30-31-34)20(13-18)21-14-25(36)33(16-29-21)23(12-17-4-2-1-3-5-17)26(37)32-10-8-19(35)9-11-32/h1-7,13-16,19,23,35H,8-12H2. The van der Waals surface area contributed by atoms with Crippen molar-refractivity contribution in [2.45, 2.75) is 31.4 Å². The van der Waals surface area contributed by atoms with Crippen molar-refractivity contribution in [1.82, 2.24) is 29.4 Å². The Balaban J connectivity index is 1.53. The first-order valence-electron chi connectivity index (χ1n) is 11.9. The molecule has 1 amide bonds. The van der Waals surface area contributed by atoms with Gasteiger partial charge in [-0.1, -0.05) is 58.7 Å². The molecule has 1 fully saturated rings. The molecule has 2 aromatic carbocycles. The molecular weight excluding hydrogens is 515 g/mol. The predicted octanol–water partition coefficient (Wildman–Crippen LogP) is 3.56. The summed E-state index contributed by atoms with van der Waals surface area (Å²) < 4.78 is 2.86. The summed E-state index contributed by atoms with van der Waals surface area (Å²) in [5, 5.41) is 18.4. The maximum absolute atomic E-state index is 13.6. The van der Waals surface area contributed by atoms with Crippen LogP contribution in [0.1, 0.15) is 24.4 Å². The van der Waals surface area contributed by atoms with Crippen LogP contribution < -0.4 is 5.56 Å². The second kappa shape index (κ2) is 10.8.